The largest absolute Gasteiger partial charge is 0.0622 e. The van der Waals surface area contributed by atoms with Crippen LogP contribution in [0.4, 0.5) is 0 Å². The molecule has 0 heteroatoms. The van der Waals surface area contributed by atoms with Crippen LogP contribution >= 0.6 is 0 Å². The maximum absolute atomic E-state index is 2.44. The zero-order valence-corrected chi connectivity index (χ0v) is 33.2. The van der Waals surface area contributed by atoms with Crippen LogP contribution in [0, 0.1) is 0 Å². The summed E-state index contributed by atoms with van der Waals surface area (Å²) in [4.78, 5) is 0. The second kappa shape index (κ2) is 14.5. The minimum absolute atomic E-state index is 0.0499. The molecule has 0 aliphatic carbocycles. The molecule has 0 aromatic heterocycles. The Morgan fingerprint density at radius 1 is 0.310 bits per heavy atom. The van der Waals surface area contributed by atoms with Crippen LogP contribution in [0.5, 0.6) is 0 Å². The molecule has 0 radical (unpaired) electrons. The first kappa shape index (κ1) is 35.4. The third-order valence-electron chi connectivity index (χ3n) is 11.8. The van der Waals surface area contributed by atoms with Gasteiger partial charge in [0.2, 0.25) is 0 Å². The molecular weight excluding hydrogens is 697 g/mol. The lowest BCUT2D eigenvalue weighted by Crippen LogP contribution is -2.10. The lowest BCUT2D eigenvalue weighted by molar-refractivity contribution is 0.591. The minimum Gasteiger partial charge on any atom is -0.0622 e. The molecule has 0 aliphatic heterocycles. The number of hydrogen-bond donors (Lipinski definition) is 0. The summed E-state index contributed by atoms with van der Waals surface area (Å²) in [5.41, 5.74) is 16.0. The highest BCUT2D eigenvalue weighted by Gasteiger charge is 2.21. The molecule has 0 spiro atoms. The first-order valence-electron chi connectivity index (χ1n) is 20.3. The molecule has 0 nitrogen and oxygen atoms in total. The summed E-state index contributed by atoms with van der Waals surface area (Å²) in [6, 6.07) is 78.2. The SMILES string of the molecule is CC(C)(C)c1cc2ccc3c(-c4ccc(C(=C(c5ccccc5)c5ccccc5)c5ccccc5)cc4)cc(-c4cccc(-c5ccccc5)c4)c4ccc(c1)c2c34. The summed E-state index contributed by atoms with van der Waals surface area (Å²) in [6.07, 6.45) is 0. The molecular formula is C58H44. The van der Waals surface area contributed by atoms with Gasteiger partial charge < -0.3 is 0 Å². The summed E-state index contributed by atoms with van der Waals surface area (Å²) >= 11 is 0. The average molecular weight is 741 g/mol. The van der Waals surface area contributed by atoms with E-state index in [1.54, 1.807) is 0 Å². The van der Waals surface area contributed by atoms with Crippen LogP contribution in [0.15, 0.2) is 212 Å². The fourth-order valence-electron chi connectivity index (χ4n) is 8.86. The van der Waals surface area contributed by atoms with E-state index in [9.17, 15) is 0 Å². The van der Waals surface area contributed by atoms with E-state index in [-0.39, 0.29) is 5.41 Å². The van der Waals surface area contributed by atoms with Crippen molar-refractivity contribution in [1.29, 1.82) is 0 Å². The fourth-order valence-corrected chi connectivity index (χ4v) is 8.86. The summed E-state index contributed by atoms with van der Waals surface area (Å²) in [7, 11) is 0. The third kappa shape index (κ3) is 6.38. The zero-order valence-electron chi connectivity index (χ0n) is 33.2. The smallest absolute Gasteiger partial charge is 0.00143 e. The van der Waals surface area contributed by atoms with Gasteiger partial charge in [-0.3, -0.25) is 0 Å². The van der Waals surface area contributed by atoms with Crippen LogP contribution in [0.25, 0.3) is 76.8 Å². The van der Waals surface area contributed by atoms with Crippen molar-refractivity contribution in [3.8, 4) is 33.4 Å². The standard InChI is InChI=1S/C58H44/c1-58(2,3)49-36-47-31-33-50-52(38-53(51-34-32-48(37-49)56(47)57(50)51)46-26-16-25-45(35-46)39-17-8-4-9-18-39)40-27-29-44(30-28-40)55(43-23-14-7-15-24-43)54(41-19-10-5-11-20-41)42-21-12-6-13-22-42/h4-38H,1-3H3. The van der Waals surface area contributed by atoms with Gasteiger partial charge in [0.25, 0.3) is 0 Å². The quantitative estimate of drug-likeness (QED) is 0.113. The molecule has 0 unspecified atom stereocenters. The molecule has 0 amide bonds. The van der Waals surface area contributed by atoms with Crippen molar-refractivity contribution in [2.45, 2.75) is 26.2 Å². The van der Waals surface area contributed by atoms with Crippen molar-refractivity contribution < 1.29 is 0 Å². The van der Waals surface area contributed by atoms with Gasteiger partial charge in [-0.15, -0.1) is 0 Å². The highest BCUT2D eigenvalue weighted by atomic mass is 14.2. The van der Waals surface area contributed by atoms with Crippen molar-refractivity contribution in [2.24, 2.45) is 0 Å². The highest BCUT2D eigenvalue weighted by molar-refractivity contribution is 6.28. The van der Waals surface area contributed by atoms with Gasteiger partial charge in [-0.25, -0.2) is 0 Å². The highest BCUT2D eigenvalue weighted by Crippen LogP contribution is 2.46. The van der Waals surface area contributed by atoms with Crippen LogP contribution in [-0.4, -0.2) is 0 Å². The Morgan fingerprint density at radius 3 is 1.24 bits per heavy atom. The predicted octanol–water partition coefficient (Wildman–Crippen LogP) is 15.9. The van der Waals surface area contributed by atoms with Crippen molar-refractivity contribution in [3.05, 3.63) is 240 Å². The van der Waals surface area contributed by atoms with Crippen LogP contribution in [0.3, 0.4) is 0 Å². The number of benzene rings is 10. The molecule has 0 bridgehead atoms. The molecule has 276 valence electrons. The number of rotatable bonds is 7. The van der Waals surface area contributed by atoms with Gasteiger partial charge in [0.15, 0.2) is 0 Å². The monoisotopic (exact) mass is 740 g/mol. The molecule has 0 heterocycles. The summed E-state index contributed by atoms with van der Waals surface area (Å²) in [5.74, 6) is 0. The van der Waals surface area contributed by atoms with Gasteiger partial charge in [0, 0.05) is 0 Å². The van der Waals surface area contributed by atoms with Crippen LogP contribution in [-0.2, 0) is 5.41 Å². The second-order valence-corrected chi connectivity index (χ2v) is 16.5. The maximum atomic E-state index is 2.44. The van der Waals surface area contributed by atoms with Crippen molar-refractivity contribution in [2.75, 3.05) is 0 Å². The molecule has 0 aliphatic rings. The first-order valence-corrected chi connectivity index (χ1v) is 20.3. The Morgan fingerprint density at radius 2 is 0.741 bits per heavy atom. The molecule has 0 N–H and O–H groups in total. The molecule has 0 atom stereocenters. The van der Waals surface area contributed by atoms with Gasteiger partial charge in [-0.05, 0) is 122 Å². The van der Waals surface area contributed by atoms with E-state index in [1.165, 1.54) is 105 Å². The molecule has 0 saturated heterocycles. The van der Waals surface area contributed by atoms with E-state index in [0.29, 0.717) is 0 Å². The molecule has 0 saturated carbocycles. The predicted molar refractivity (Wildman–Crippen MR) is 249 cm³/mol. The van der Waals surface area contributed by atoms with Crippen LogP contribution in [0.2, 0.25) is 0 Å². The Bertz CT molecular complexity index is 3010. The lowest BCUT2D eigenvalue weighted by atomic mass is 9.81. The van der Waals surface area contributed by atoms with Gasteiger partial charge in [-0.1, -0.05) is 221 Å². The van der Waals surface area contributed by atoms with E-state index in [4.69, 9.17) is 0 Å². The summed E-state index contributed by atoms with van der Waals surface area (Å²) < 4.78 is 0. The van der Waals surface area contributed by atoms with Crippen LogP contribution < -0.4 is 0 Å². The van der Waals surface area contributed by atoms with E-state index in [1.807, 2.05) is 0 Å². The molecule has 10 rings (SSSR count). The van der Waals surface area contributed by atoms with Gasteiger partial charge in [0.1, 0.15) is 0 Å². The number of hydrogen-bond acceptors (Lipinski definition) is 0. The Kier molecular flexibility index (Phi) is 8.84. The third-order valence-corrected chi connectivity index (χ3v) is 11.8. The average Bonchev–Trinajstić information content (AvgIpc) is 3.28. The van der Waals surface area contributed by atoms with Crippen molar-refractivity contribution in [3.63, 3.8) is 0 Å². The Labute approximate surface area is 341 Å². The normalized spacial score (nSPS) is 11.7. The minimum atomic E-state index is 0.0499. The summed E-state index contributed by atoms with van der Waals surface area (Å²) in [6.45, 7) is 6.92. The van der Waals surface area contributed by atoms with Crippen LogP contribution in [0.1, 0.15) is 48.6 Å². The van der Waals surface area contributed by atoms with E-state index in [0.717, 1.165) is 0 Å². The topological polar surface area (TPSA) is 0 Å². The fraction of sp³-hybridized carbons (Fsp3) is 0.0690. The van der Waals surface area contributed by atoms with Crippen molar-refractivity contribution in [1.82, 2.24) is 0 Å². The maximum Gasteiger partial charge on any atom is -0.00143 e. The van der Waals surface area contributed by atoms with E-state index >= 15 is 0 Å². The Hall–Kier alpha value is -7.02. The van der Waals surface area contributed by atoms with Crippen molar-refractivity contribution >= 4 is 43.5 Å². The van der Waals surface area contributed by atoms with Gasteiger partial charge in [0.05, 0.1) is 0 Å². The molecule has 0 fully saturated rings. The van der Waals surface area contributed by atoms with Gasteiger partial charge in [-0.2, -0.15) is 0 Å². The summed E-state index contributed by atoms with van der Waals surface area (Å²) in [5, 5.41) is 7.82. The zero-order chi connectivity index (χ0) is 39.2. The first-order chi connectivity index (χ1) is 28.4. The lowest BCUT2D eigenvalue weighted by Gasteiger charge is -2.23. The van der Waals surface area contributed by atoms with E-state index < -0.39 is 0 Å². The molecule has 58 heavy (non-hydrogen) atoms. The molecule has 10 aromatic carbocycles. The Balaban J connectivity index is 1.22. The second-order valence-electron chi connectivity index (χ2n) is 16.5. The van der Waals surface area contributed by atoms with Gasteiger partial charge >= 0.3 is 0 Å². The molecule has 10 aromatic rings. The van der Waals surface area contributed by atoms with E-state index in [2.05, 4.69) is 233 Å².